The van der Waals surface area contributed by atoms with Crippen molar-refractivity contribution >= 4 is 17.0 Å². The number of nitrogens with zero attached hydrogens (tertiary/aromatic N) is 4. The third kappa shape index (κ3) is 5.72. The number of aromatic nitrogens is 3. The molecular weight excluding hydrogens is 516 g/mol. The first-order valence-corrected chi connectivity index (χ1v) is 14.7. The number of aryl methyl sites for hydroxylation is 3. The van der Waals surface area contributed by atoms with E-state index in [0.29, 0.717) is 13.2 Å². The second kappa shape index (κ2) is 11.6. The van der Waals surface area contributed by atoms with Crippen molar-refractivity contribution in [2.45, 2.75) is 77.6 Å². The van der Waals surface area contributed by atoms with Crippen LogP contribution >= 0.6 is 0 Å². The van der Waals surface area contributed by atoms with Gasteiger partial charge in [0.25, 0.3) is 0 Å². The Morgan fingerprint density at radius 3 is 2.51 bits per heavy atom. The molecule has 0 radical (unpaired) electrons. The van der Waals surface area contributed by atoms with Gasteiger partial charge in [-0.1, -0.05) is 35.9 Å². The summed E-state index contributed by atoms with van der Waals surface area (Å²) in [5.41, 5.74) is 8.98. The minimum atomic E-state index is -0.843. The Morgan fingerprint density at radius 2 is 1.71 bits per heavy atom. The summed E-state index contributed by atoms with van der Waals surface area (Å²) in [5.74, 6) is -0.309. The Kier molecular flexibility index (Phi) is 7.77. The molecule has 6 heterocycles. The van der Waals surface area contributed by atoms with Crippen LogP contribution in [0.4, 0.5) is 0 Å². The van der Waals surface area contributed by atoms with Crippen molar-refractivity contribution in [3.63, 3.8) is 0 Å². The van der Waals surface area contributed by atoms with E-state index in [2.05, 4.69) is 33.4 Å². The van der Waals surface area contributed by atoms with E-state index in [9.17, 15) is 15.0 Å². The van der Waals surface area contributed by atoms with Crippen LogP contribution in [0.15, 0.2) is 48.5 Å². The van der Waals surface area contributed by atoms with Gasteiger partial charge in [-0.25, -0.2) is 4.68 Å². The zero-order chi connectivity index (χ0) is 28.5. The average Bonchev–Trinajstić information content (AvgIpc) is 3.36. The molecule has 8 heteroatoms. The molecule has 0 amide bonds. The fraction of sp³-hybridized carbons (Fsp3) is 0.424. The molecule has 3 aromatic carbocycles. The van der Waals surface area contributed by atoms with Crippen LogP contribution in [0.5, 0.6) is 5.75 Å². The number of aliphatic carboxylic acids is 1. The molecule has 8 nitrogen and oxygen atoms in total. The monoisotopic (exact) mass is 554 g/mol. The Bertz CT molecular complexity index is 1560. The van der Waals surface area contributed by atoms with Crippen LogP contribution in [0.1, 0.15) is 83.2 Å². The van der Waals surface area contributed by atoms with Crippen molar-refractivity contribution in [3.05, 3.63) is 87.5 Å². The van der Waals surface area contributed by atoms with Gasteiger partial charge in [0.05, 0.1) is 18.5 Å². The molecule has 214 valence electrons. The second-order valence-electron chi connectivity index (χ2n) is 11.6. The number of ether oxygens (including phenoxy) is 1. The van der Waals surface area contributed by atoms with Crippen molar-refractivity contribution in [2.75, 3.05) is 13.2 Å². The largest absolute Gasteiger partial charge is 0.494 e. The van der Waals surface area contributed by atoms with E-state index in [0.717, 1.165) is 95.4 Å². The molecule has 4 aromatic rings. The second-order valence-corrected chi connectivity index (χ2v) is 11.6. The number of carboxylic acids is 1. The third-order valence-electron chi connectivity index (χ3n) is 8.70. The summed E-state index contributed by atoms with van der Waals surface area (Å²) >= 11 is 0. The van der Waals surface area contributed by atoms with Crippen LogP contribution in [0.25, 0.3) is 11.0 Å². The van der Waals surface area contributed by atoms with Crippen LogP contribution in [0.3, 0.4) is 0 Å². The van der Waals surface area contributed by atoms with E-state index in [4.69, 9.17) is 4.74 Å². The molecule has 3 unspecified atom stereocenters. The SMILES string of the molecule is Cc1cc2cc(C)c1C(O)N1CCc3ccc(cc3C1)C(CC(=O)O)c1ccc3c(c1)nnn3CCCCCCO2. The molecule has 0 spiro atoms. The molecule has 9 bridgehead atoms. The van der Waals surface area contributed by atoms with Gasteiger partial charge in [-0.05, 0) is 97.2 Å². The Labute approximate surface area is 240 Å². The molecule has 1 aromatic heterocycles. The van der Waals surface area contributed by atoms with Crippen LogP contribution in [-0.4, -0.2) is 49.2 Å². The minimum Gasteiger partial charge on any atom is -0.494 e. The molecule has 5 aliphatic rings. The van der Waals surface area contributed by atoms with Crippen molar-refractivity contribution in [1.29, 1.82) is 0 Å². The highest BCUT2D eigenvalue weighted by molar-refractivity contribution is 5.76. The number of hydrogen-bond donors (Lipinski definition) is 2. The number of aliphatic hydroxyl groups excluding tert-OH is 1. The maximum absolute atomic E-state index is 12.0. The number of carbonyl (C=O) groups is 1. The fourth-order valence-corrected chi connectivity index (χ4v) is 6.51. The molecule has 5 aliphatic heterocycles. The number of hydrogen-bond acceptors (Lipinski definition) is 6. The van der Waals surface area contributed by atoms with Gasteiger partial charge in [0.15, 0.2) is 0 Å². The fourth-order valence-electron chi connectivity index (χ4n) is 6.51. The van der Waals surface area contributed by atoms with E-state index in [1.54, 1.807) is 0 Å². The van der Waals surface area contributed by atoms with Gasteiger partial charge in [-0.3, -0.25) is 9.69 Å². The predicted octanol–water partition coefficient (Wildman–Crippen LogP) is 5.66. The van der Waals surface area contributed by atoms with Gasteiger partial charge in [0.2, 0.25) is 0 Å². The molecule has 41 heavy (non-hydrogen) atoms. The highest BCUT2D eigenvalue weighted by atomic mass is 16.5. The van der Waals surface area contributed by atoms with Crippen LogP contribution < -0.4 is 4.74 Å². The van der Waals surface area contributed by atoms with Gasteiger partial charge >= 0.3 is 5.97 Å². The first-order valence-electron chi connectivity index (χ1n) is 14.7. The van der Waals surface area contributed by atoms with Gasteiger partial charge < -0.3 is 14.9 Å². The summed E-state index contributed by atoms with van der Waals surface area (Å²) in [7, 11) is 0. The normalized spacial score (nSPS) is 21.4. The zero-order valence-electron chi connectivity index (χ0n) is 23.8. The molecule has 0 aliphatic carbocycles. The van der Waals surface area contributed by atoms with Gasteiger partial charge in [0, 0.05) is 31.1 Å². The zero-order valence-corrected chi connectivity index (χ0v) is 23.8. The lowest BCUT2D eigenvalue weighted by atomic mass is 9.85. The minimum absolute atomic E-state index is 0.0163. The van der Waals surface area contributed by atoms with Crippen LogP contribution in [0.2, 0.25) is 0 Å². The smallest absolute Gasteiger partial charge is 0.304 e. The van der Waals surface area contributed by atoms with Crippen LogP contribution in [-0.2, 0) is 24.3 Å². The van der Waals surface area contributed by atoms with Crippen molar-refractivity contribution < 1.29 is 19.7 Å². The summed E-state index contributed by atoms with van der Waals surface area (Å²) in [5, 5.41) is 30.2. The first kappa shape index (κ1) is 27.4. The summed E-state index contributed by atoms with van der Waals surface area (Å²) < 4.78 is 8.04. The maximum atomic E-state index is 12.0. The lowest BCUT2D eigenvalue weighted by Gasteiger charge is -2.34. The average molecular weight is 555 g/mol. The van der Waals surface area contributed by atoms with E-state index < -0.39 is 12.2 Å². The molecule has 0 fully saturated rings. The molecule has 9 rings (SSSR count). The van der Waals surface area contributed by atoms with Crippen molar-refractivity contribution in [2.24, 2.45) is 0 Å². The first-order chi connectivity index (χ1) is 19.9. The van der Waals surface area contributed by atoms with Gasteiger partial charge in [-0.2, -0.15) is 0 Å². The highest BCUT2D eigenvalue weighted by Crippen LogP contribution is 2.35. The Balaban J connectivity index is 1.38. The lowest BCUT2D eigenvalue weighted by Crippen LogP contribution is -2.35. The van der Waals surface area contributed by atoms with Crippen molar-refractivity contribution in [3.8, 4) is 5.75 Å². The van der Waals surface area contributed by atoms with Gasteiger partial charge in [-0.15, -0.1) is 5.10 Å². The summed E-state index contributed by atoms with van der Waals surface area (Å²) in [6.07, 6.45) is 4.19. The molecule has 0 saturated heterocycles. The Hall–Kier alpha value is -3.75. The number of rotatable bonds is 2. The maximum Gasteiger partial charge on any atom is 0.304 e. The number of benzene rings is 3. The number of carboxylic acid groups (broad SMARTS) is 1. The summed E-state index contributed by atoms with van der Waals surface area (Å²) in [4.78, 5) is 14.1. The predicted molar refractivity (Wildman–Crippen MR) is 157 cm³/mol. The molecular formula is C33H38N4O4. The molecule has 0 saturated carbocycles. The topological polar surface area (TPSA) is 101 Å². The standard InChI is InChI=1S/C33H38N4O4/c1-21-15-27-16-22(2)32(21)33(40)36-13-11-23-7-8-24(17-26(23)20-36)28(19-31(38)39)25-9-10-30-29(18-25)34-35-37(30)12-5-3-4-6-14-41-27/h7-10,15-18,28,33,40H,3-6,11-14,19-20H2,1-2H3,(H,38,39). The van der Waals surface area contributed by atoms with Gasteiger partial charge in [0.1, 0.15) is 17.5 Å². The third-order valence-corrected chi connectivity index (χ3v) is 8.70. The van der Waals surface area contributed by atoms with Crippen LogP contribution in [0, 0.1) is 13.8 Å². The van der Waals surface area contributed by atoms with Crippen molar-refractivity contribution in [1.82, 2.24) is 19.9 Å². The number of aliphatic hydroxyl groups is 1. The Morgan fingerprint density at radius 1 is 0.951 bits per heavy atom. The lowest BCUT2D eigenvalue weighted by molar-refractivity contribution is -0.137. The quantitative estimate of drug-likeness (QED) is 0.330. The summed E-state index contributed by atoms with van der Waals surface area (Å²) in [6, 6.07) is 16.4. The molecule has 3 atom stereocenters. The highest BCUT2D eigenvalue weighted by Gasteiger charge is 2.27. The van der Waals surface area contributed by atoms with E-state index in [-0.39, 0.29) is 12.3 Å². The summed E-state index contributed by atoms with van der Waals surface area (Å²) in [6.45, 7) is 6.87. The van der Waals surface area contributed by atoms with E-state index in [1.165, 1.54) is 5.56 Å². The van der Waals surface area contributed by atoms with E-state index >= 15 is 0 Å². The van der Waals surface area contributed by atoms with E-state index in [1.807, 2.05) is 48.9 Å². The molecule has 2 N–H and O–H groups in total.